The van der Waals surface area contributed by atoms with Crippen LogP contribution in [0.2, 0.25) is 0 Å². The molecule has 0 atom stereocenters. The average molecular weight is 227 g/mol. The lowest BCUT2D eigenvalue weighted by atomic mass is 10.2. The number of halogens is 2. The van der Waals surface area contributed by atoms with Crippen LogP contribution in [-0.2, 0) is 0 Å². The largest absolute Gasteiger partial charge is 0.494 e. The second-order valence-corrected chi connectivity index (χ2v) is 3.23. The average Bonchev–Trinajstić information content (AvgIpc) is 2.18. The number of hydrogen-bond donors (Lipinski definition) is 0. The van der Waals surface area contributed by atoms with E-state index in [0.29, 0.717) is 30.2 Å². The Bertz CT molecular complexity index is 379. The Morgan fingerprint density at radius 1 is 1.40 bits per heavy atom. The smallest absolute Gasteiger partial charge is 0.128 e. The van der Waals surface area contributed by atoms with Crippen LogP contribution in [0.1, 0.15) is 18.9 Å². The van der Waals surface area contributed by atoms with Gasteiger partial charge in [0.05, 0.1) is 6.61 Å². The Hall–Kier alpha value is -1.20. The molecule has 0 saturated heterocycles. The van der Waals surface area contributed by atoms with Crippen molar-refractivity contribution in [1.82, 2.24) is 0 Å². The van der Waals surface area contributed by atoms with E-state index in [1.807, 2.05) is 6.92 Å². The summed E-state index contributed by atoms with van der Waals surface area (Å²) in [6.07, 6.45) is 0.599. The van der Waals surface area contributed by atoms with Crippen molar-refractivity contribution in [2.75, 3.05) is 12.5 Å². The molecule has 0 aliphatic carbocycles. The number of benzene rings is 1. The van der Waals surface area contributed by atoms with Gasteiger partial charge in [-0.1, -0.05) is 11.8 Å². The molecule has 0 saturated carbocycles. The van der Waals surface area contributed by atoms with Gasteiger partial charge >= 0.3 is 0 Å². The second-order valence-electron chi connectivity index (χ2n) is 2.85. The number of ether oxygens (including phenoxy) is 1. The van der Waals surface area contributed by atoms with Crippen LogP contribution in [0.3, 0.4) is 0 Å². The van der Waals surface area contributed by atoms with Gasteiger partial charge in [-0.2, -0.15) is 0 Å². The highest BCUT2D eigenvalue weighted by molar-refractivity contribution is 6.18. The van der Waals surface area contributed by atoms with Gasteiger partial charge in [-0.25, -0.2) is 4.39 Å². The van der Waals surface area contributed by atoms with Crippen LogP contribution in [0.4, 0.5) is 4.39 Å². The lowest BCUT2D eigenvalue weighted by Crippen LogP contribution is -1.92. The molecule has 1 nitrogen and oxygen atoms in total. The van der Waals surface area contributed by atoms with Gasteiger partial charge in [0.15, 0.2) is 0 Å². The molecule has 0 heterocycles. The first-order valence-electron chi connectivity index (χ1n) is 4.74. The van der Waals surface area contributed by atoms with E-state index in [0.717, 1.165) is 0 Å². The van der Waals surface area contributed by atoms with Crippen molar-refractivity contribution in [2.24, 2.45) is 0 Å². The normalized spacial score (nSPS) is 9.27. The number of alkyl halides is 1. The van der Waals surface area contributed by atoms with Crippen LogP contribution in [0.5, 0.6) is 5.75 Å². The Labute approximate surface area is 94.2 Å². The maximum atomic E-state index is 13.1. The lowest BCUT2D eigenvalue weighted by Gasteiger charge is -2.03. The fraction of sp³-hybridized carbons (Fsp3) is 0.333. The third-order valence-electron chi connectivity index (χ3n) is 1.63. The molecule has 0 aliphatic heterocycles. The molecule has 80 valence electrons. The van der Waals surface area contributed by atoms with Gasteiger partial charge in [-0.3, -0.25) is 0 Å². The van der Waals surface area contributed by atoms with Gasteiger partial charge in [0, 0.05) is 23.9 Å². The molecule has 0 amide bonds. The second kappa shape index (κ2) is 6.31. The van der Waals surface area contributed by atoms with Crippen LogP contribution in [0.25, 0.3) is 0 Å². The van der Waals surface area contributed by atoms with Crippen molar-refractivity contribution in [2.45, 2.75) is 13.3 Å². The molecule has 3 heteroatoms. The van der Waals surface area contributed by atoms with E-state index in [2.05, 4.69) is 11.8 Å². The topological polar surface area (TPSA) is 9.23 Å². The predicted molar refractivity (Wildman–Crippen MR) is 59.8 cm³/mol. The maximum absolute atomic E-state index is 13.1. The summed E-state index contributed by atoms with van der Waals surface area (Å²) in [6.45, 7) is 2.36. The molecule has 1 aromatic carbocycles. The molecule has 0 bridgehead atoms. The third-order valence-corrected chi connectivity index (χ3v) is 1.82. The predicted octanol–water partition coefficient (Wildman–Crippen LogP) is 3.20. The Morgan fingerprint density at radius 2 is 2.20 bits per heavy atom. The molecule has 0 unspecified atom stereocenters. The first kappa shape index (κ1) is 11.9. The highest BCUT2D eigenvalue weighted by atomic mass is 35.5. The van der Waals surface area contributed by atoms with Gasteiger partial charge in [0.1, 0.15) is 11.6 Å². The molecule has 0 aliphatic rings. The summed E-state index contributed by atoms with van der Waals surface area (Å²) in [7, 11) is 0. The standard InChI is InChI=1S/C12H12ClFO/c1-2-15-12-8-10(5-3-4-6-13)7-11(14)9-12/h7-9H,2,4,6H2,1H3. The summed E-state index contributed by atoms with van der Waals surface area (Å²) in [5.41, 5.74) is 0.614. The number of rotatable bonds is 3. The van der Waals surface area contributed by atoms with Gasteiger partial charge in [-0.15, -0.1) is 11.6 Å². The lowest BCUT2D eigenvalue weighted by molar-refractivity contribution is 0.338. The van der Waals surface area contributed by atoms with Crippen LogP contribution in [-0.4, -0.2) is 12.5 Å². The van der Waals surface area contributed by atoms with Crippen LogP contribution >= 0.6 is 11.6 Å². The molecular weight excluding hydrogens is 215 g/mol. The van der Waals surface area contributed by atoms with Crippen molar-refractivity contribution in [1.29, 1.82) is 0 Å². The zero-order chi connectivity index (χ0) is 11.1. The SMILES string of the molecule is CCOc1cc(F)cc(C#CCCCl)c1. The highest BCUT2D eigenvalue weighted by Gasteiger charge is 1.98. The monoisotopic (exact) mass is 226 g/mol. The van der Waals surface area contributed by atoms with Gasteiger partial charge in [-0.05, 0) is 19.1 Å². The molecule has 1 aromatic rings. The van der Waals surface area contributed by atoms with Crippen LogP contribution < -0.4 is 4.74 Å². The van der Waals surface area contributed by atoms with Crippen molar-refractivity contribution < 1.29 is 9.13 Å². The number of hydrogen-bond acceptors (Lipinski definition) is 1. The van der Waals surface area contributed by atoms with Gasteiger partial charge in [0.25, 0.3) is 0 Å². The molecule has 15 heavy (non-hydrogen) atoms. The summed E-state index contributed by atoms with van der Waals surface area (Å²) in [5.74, 6) is 6.33. The molecule has 0 aromatic heterocycles. The summed E-state index contributed by atoms with van der Waals surface area (Å²) < 4.78 is 18.3. The summed E-state index contributed by atoms with van der Waals surface area (Å²) in [4.78, 5) is 0. The molecule has 0 N–H and O–H groups in total. The van der Waals surface area contributed by atoms with E-state index in [4.69, 9.17) is 16.3 Å². The molecule has 0 spiro atoms. The van der Waals surface area contributed by atoms with E-state index in [-0.39, 0.29) is 5.82 Å². The van der Waals surface area contributed by atoms with Crippen molar-refractivity contribution >= 4 is 11.6 Å². The Kier molecular flexibility index (Phi) is 5.00. The zero-order valence-corrected chi connectivity index (χ0v) is 9.27. The summed E-state index contributed by atoms with van der Waals surface area (Å²) in [5, 5.41) is 0. The van der Waals surface area contributed by atoms with Crippen molar-refractivity contribution in [3.63, 3.8) is 0 Å². The van der Waals surface area contributed by atoms with Crippen LogP contribution in [0.15, 0.2) is 18.2 Å². The third kappa shape index (κ3) is 4.22. The zero-order valence-electron chi connectivity index (χ0n) is 8.52. The molecule has 1 rings (SSSR count). The van der Waals surface area contributed by atoms with E-state index < -0.39 is 0 Å². The van der Waals surface area contributed by atoms with E-state index in [9.17, 15) is 4.39 Å². The summed E-state index contributed by atoms with van der Waals surface area (Å²) in [6, 6.07) is 4.44. The van der Waals surface area contributed by atoms with Crippen molar-refractivity contribution in [3.05, 3.63) is 29.6 Å². The van der Waals surface area contributed by atoms with Crippen LogP contribution in [0, 0.1) is 17.7 Å². The van der Waals surface area contributed by atoms with E-state index >= 15 is 0 Å². The highest BCUT2D eigenvalue weighted by Crippen LogP contribution is 2.15. The minimum absolute atomic E-state index is 0.337. The Morgan fingerprint density at radius 3 is 2.87 bits per heavy atom. The minimum atomic E-state index is -0.337. The van der Waals surface area contributed by atoms with E-state index in [1.165, 1.54) is 12.1 Å². The fourth-order valence-corrected chi connectivity index (χ4v) is 1.19. The molecule has 0 radical (unpaired) electrons. The quantitative estimate of drug-likeness (QED) is 0.568. The van der Waals surface area contributed by atoms with Crippen molar-refractivity contribution in [3.8, 4) is 17.6 Å². The first-order valence-corrected chi connectivity index (χ1v) is 5.28. The fourth-order valence-electron chi connectivity index (χ4n) is 1.10. The minimum Gasteiger partial charge on any atom is -0.494 e. The molecular formula is C12H12ClFO. The van der Waals surface area contributed by atoms with Gasteiger partial charge < -0.3 is 4.74 Å². The first-order chi connectivity index (χ1) is 7.26. The van der Waals surface area contributed by atoms with Gasteiger partial charge in [0.2, 0.25) is 0 Å². The Balaban J connectivity index is 2.85. The summed E-state index contributed by atoms with van der Waals surface area (Å²) >= 11 is 5.48. The maximum Gasteiger partial charge on any atom is 0.128 e. The van der Waals surface area contributed by atoms with E-state index in [1.54, 1.807) is 6.07 Å². The molecule has 0 fully saturated rings.